The number of nitrogens with two attached hydrogens (primary N) is 1. The monoisotopic (exact) mass is 759 g/mol. The number of amides is 1. The van der Waals surface area contributed by atoms with Gasteiger partial charge in [-0.15, -0.1) is 0 Å². The highest BCUT2D eigenvalue weighted by Gasteiger charge is 2.26. The Kier molecular flexibility index (Phi) is 37.2. The first-order chi connectivity index (χ1) is 25.9. The summed E-state index contributed by atoms with van der Waals surface area (Å²) < 4.78 is 22.0. The van der Waals surface area contributed by atoms with E-state index in [4.69, 9.17) is 14.8 Å². The van der Waals surface area contributed by atoms with Gasteiger partial charge in [0.1, 0.15) is 0 Å². The lowest BCUT2D eigenvalue weighted by molar-refractivity contribution is -0.123. The minimum Gasteiger partial charge on any atom is -0.387 e. The van der Waals surface area contributed by atoms with Crippen molar-refractivity contribution >= 4 is 13.7 Å². The van der Waals surface area contributed by atoms with E-state index < -0.39 is 20.0 Å². The molecule has 0 aliphatic heterocycles. The van der Waals surface area contributed by atoms with Gasteiger partial charge in [0.05, 0.1) is 25.4 Å². The van der Waals surface area contributed by atoms with Gasteiger partial charge in [-0.3, -0.25) is 13.8 Å². The van der Waals surface area contributed by atoms with E-state index in [9.17, 15) is 19.4 Å². The van der Waals surface area contributed by atoms with Crippen LogP contribution < -0.4 is 11.1 Å². The molecule has 0 saturated heterocycles. The second kappa shape index (κ2) is 39.1. The zero-order chi connectivity index (χ0) is 38.9. The van der Waals surface area contributed by atoms with Crippen LogP contribution in [0.15, 0.2) is 97.2 Å². The van der Waals surface area contributed by atoms with Crippen molar-refractivity contribution in [3.8, 4) is 0 Å². The Morgan fingerprint density at radius 3 is 1.66 bits per heavy atom. The van der Waals surface area contributed by atoms with E-state index in [2.05, 4.69) is 104 Å². The molecule has 0 aromatic heterocycles. The molecule has 302 valence electrons. The smallest absolute Gasteiger partial charge is 0.387 e. The van der Waals surface area contributed by atoms with Crippen LogP contribution in [0.2, 0.25) is 0 Å². The summed E-state index contributed by atoms with van der Waals surface area (Å²) in [6.45, 7) is 3.91. The van der Waals surface area contributed by atoms with Crippen LogP contribution in [0.5, 0.6) is 0 Å². The molecular weight excluding hydrogens is 683 g/mol. The van der Waals surface area contributed by atoms with Gasteiger partial charge in [0.15, 0.2) is 0 Å². The zero-order valence-corrected chi connectivity index (χ0v) is 34.1. The number of phosphoric acid groups is 1. The van der Waals surface area contributed by atoms with Gasteiger partial charge >= 0.3 is 7.82 Å². The second-order valence-corrected chi connectivity index (χ2v) is 14.5. The largest absolute Gasteiger partial charge is 0.472 e. The number of nitrogens with one attached hydrogen (secondary N) is 1. The standard InChI is InChI=1S/C44H75N2O6P/c1-3-5-7-9-11-13-15-17-19-20-21-22-24-26-28-30-32-34-36-38-44(48)46-42(41-52-53(49,50)51-40-39-45)43(47)37-35-33-31-29-27-25-23-18-16-14-12-10-8-6-4-2/h5,7,11,13,16-19,21-22,26-29,35,37,42-43,47H,3-4,6,8-10,12,14-15,20,23-25,30-34,36,38-41,45H2,1-2H3,(H,46,48)(H,49,50)/b7-5-,13-11-,18-16+,19-17-,22-21-,28-26-,29-27+,37-35+. The van der Waals surface area contributed by atoms with E-state index >= 15 is 0 Å². The lowest BCUT2D eigenvalue weighted by atomic mass is 10.1. The van der Waals surface area contributed by atoms with Crippen LogP contribution in [0.3, 0.4) is 0 Å². The number of hydrogen-bond donors (Lipinski definition) is 4. The highest BCUT2D eigenvalue weighted by atomic mass is 31.2. The predicted molar refractivity (Wildman–Crippen MR) is 226 cm³/mol. The van der Waals surface area contributed by atoms with Gasteiger partial charge in [-0.05, 0) is 89.9 Å². The van der Waals surface area contributed by atoms with E-state index in [-0.39, 0.29) is 32.1 Å². The van der Waals surface area contributed by atoms with Crippen molar-refractivity contribution in [1.29, 1.82) is 0 Å². The van der Waals surface area contributed by atoms with Crippen molar-refractivity contribution in [1.82, 2.24) is 5.32 Å². The number of allylic oxidation sites excluding steroid dienone is 15. The molecule has 0 aromatic carbocycles. The van der Waals surface area contributed by atoms with Gasteiger partial charge < -0.3 is 21.1 Å². The van der Waals surface area contributed by atoms with Crippen molar-refractivity contribution in [3.05, 3.63) is 97.2 Å². The third-order valence-electron chi connectivity index (χ3n) is 8.12. The molecule has 3 unspecified atom stereocenters. The Balaban J connectivity index is 4.44. The number of hydrogen-bond acceptors (Lipinski definition) is 6. The van der Waals surface area contributed by atoms with Crippen molar-refractivity contribution in [3.63, 3.8) is 0 Å². The summed E-state index contributed by atoms with van der Waals surface area (Å²) in [5.41, 5.74) is 5.36. The Hall–Kier alpha value is -2.58. The summed E-state index contributed by atoms with van der Waals surface area (Å²) in [5, 5.41) is 13.6. The van der Waals surface area contributed by atoms with Gasteiger partial charge in [-0.2, -0.15) is 0 Å². The van der Waals surface area contributed by atoms with E-state index in [1.807, 2.05) is 6.08 Å². The quantitative estimate of drug-likeness (QED) is 0.0284. The molecule has 0 bridgehead atoms. The molecule has 3 atom stereocenters. The molecule has 0 radical (unpaired) electrons. The van der Waals surface area contributed by atoms with Gasteiger partial charge in [0.2, 0.25) is 5.91 Å². The third kappa shape index (κ3) is 37.5. The summed E-state index contributed by atoms with van der Waals surface area (Å²) in [5.74, 6) is -0.245. The maximum atomic E-state index is 12.7. The zero-order valence-electron chi connectivity index (χ0n) is 33.2. The Labute approximate surface area is 323 Å². The first-order valence-electron chi connectivity index (χ1n) is 20.4. The molecule has 0 fully saturated rings. The van der Waals surface area contributed by atoms with Crippen LogP contribution in [0.25, 0.3) is 0 Å². The SMILES string of the molecule is CC/C=C\C/C=C\C/C=C\C/C=C\C/C=C\CCCCCC(=O)NC(COP(=O)(O)OCCN)C(O)/C=C/CC/C=C/CC/C=C/CCCCCCC. The Bertz CT molecular complexity index is 1140. The number of rotatable bonds is 36. The molecular formula is C44H75N2O6P. The topological polar surface area (TPSA) is 131 Å². The number of unbranched alkanes of at least 4 members (excludes halogenated alkanes) is 10. The van der Waals surface area contributed by atoms with Gasteiger partial charge in [0.25, 0.3) is 0 Å². The summed E-state index contributed by atoms with van der Waals surface area (Å²) in [4.78, 5) is 22.6. The number of phosphoric ester groups is 1. The maximum absolute atomic E-state index is 12.7. The van der Waals surface area contributed by atoms with Crippen molar-refractivity contribution in [2.24, 2.45) is 5.73 Å². The summed E-state index contributed by atoms with van der Waals surface area (Å²) in [6, 6.07) is -0.907. The van der Waals surface area contributed by atoms with Crippen LogP contribution in [0, 0.1) is 0 Å². The second-order valence-electron chi connectivity index (χ2n) is 13.1. The Morgan fingerprint density at radius 2 is 1.11 bits per heavy atom. The molecule has 8 nitrogen and oxygen atoms in total. The fourth-order valence-electron chi connectivity index (χ4n) is 5.07. The summed E-state index contributed by atoms with van der Waals surface area (Å²) in [6.07, 6.45) is 53.1. The molecule has 0 aliphatic carbocycles. The molecule has 1 amide bonds. The highest BCUT2D eigenvalue weighted by Crippen LogP contribution is 2.43. The van der Waals surface area contributed by atoms with E-state index in [1.54, 1.807) is 6.08 Å². The van der Waals surface area contributed by atoms with E-state index in [1.165, 1.54) is 32.1 Å². The lowest BCUT2D eigenvalue weighted by Gasteiger charge is -2.23. The minimum absolute atomic E-state index is 0.0604. The molecule has 0 aromatic rings. The normalized spacial score (nSPS) is 15.2. The average Bonchev–Trinajstić information content (AvgIpc) is 3.14. The molecule has 0 spiro atoms. The fraction of sp³-hybridized carbons (Fsp3) is 0.614. The van der Waals surface area contributed by atoms with Crippen LogP contribution in [0.4, 0.5) is 0 Å². The molecule has 0 saturated carbocycles. The van der Waals surface area contributed by atoms with Crippen LogP contribution >= 0.6 is 7.82 Å². The molecule has 0 rings (SSSR count). The minimum atomic E-state index is -4.36. The van der Waals surface area contributed by atoms with Crippen LogP contribution in [-0.4, -0.2) is 47.8 Å². The Morgan fingerprint density at radius 1 is 0.642 bits per heavy atom. The maximum Gasteiger partial charge on any atom is 0.472 e. The number of aliphatic hydroxyl groups is 1. The van der Waals surface area contributed by atoms with Gasteiger partial charge in [0, 0.05) is 13.0 Å². The summed E-state index contributed by atoms with van der Waals surface area (Å²) in [7, 11) is -4.36. The van der Waals surface area contributed by atoms with Crippen LogP contribution in [0.1, 0.15) is 142 Å². The third-order valence-corrected chi connectivity index (χ3v) is 9.11. The molecule has 0 heterocycles. The number of aliphatic hydroxyl groups excluding tert-OH is 1. The van der Waals surface area contributed by atoms with Crippen molar-refractivity contribution < 1.29 is 28.4 Å². The van der Waals surface area contributed by atoms with Crippen molar-refractivity contribution in [2.45, 2.75) is 154 Å². The lowest BCUT2D eigenvalue weighted by Crippen LogP contribution is -2.45. The average molecular weight is 759 g/mol. The molecule has 0 aliphatic rings. The van der Waals surface area contributed by atoms with Crippen molar-refractivity contribution in [2.75, 3.05) is 19.8 Å². The number of carbonyl (C=O) groups excluding carboxylic acids is 1. The van der Waals surface area contributed by atoms with Gasteiger partial charge in [-0.1, -0.05) is 143 Å². The molecule has 9 heteroatoms. The molecule has 5 N–H and O–H groups in total. The first-order valence-corrected chi connectivity index (χ1v) is 21.9. The molecule has 53 heavy (non-hydrogen) atoms. The van der Waals surface area contributed by atoms with Crippen LogP contribution in [-0.2, 0) is 18.4 Å². The predicted octanol–water partition coefficient (Wildman–Crippen LogP) is 11.2. The first kappa shape index (κ1) is 50.4. The van der Waals surface area contributed by atoms with E-state index in [0.29, 0.717) is 6.42 Å². The highest BCUT2D eigenvalue weighted by molar-refractivity contribution is 7.47. The van der Waals surface area contributed by atoms with E-state index in [0.717, 1.165) is 83.5 Å². The van der Waals surface area contributed by atoms with Gasteiger partial charge in [-0.25, -0.2) is 4.57 Å². The fourth-order valence-corrected chi connectivity index (χ4v) is 5.83. The summed E-state index contributed by atoms with van der Waals surface area (Å²) >= 11 is 0. The number of carbonyl (C=O) groups is 1.